The average molecular weight is 314 g/mol. The van der Waals surface area contributed by atoms with Gasteiger partial charge in [-0.15, -0.1) is 11.3 Å². The molecule has 3 heterocycles. The third-order valence-electron chi connectivity index (χ3n) is 4.57. The number of nitrogens with zero attached hydrogens (tertiary/aromatic N) is 3. The van der Waals surface area contributed by atoms with E-state index in [1.54, 1.807) is 11.3 Å². The van der Waals surface area contributed by atoms with Gasteiger partial charge in [-0.2, -0.15) is 0 Å². The molecule has 0 aromatic carbocycles. The molecule has 6 heteroatoms. The van der Waals surface area contributed by atoms with E-state index in [4.69, 9.17) is 5.73 Å². The number of thiophene rings is 1. The number of anilines is 1. The number of fused-ring (bicyclic) bond motifs is 3. The Morgan fingerprint density at radius 2 is 2.36 bits per heavy atom. The summed E-state index contributed by atoms with van der Waals surface area (Å²) in [5.41, 5.74) is 7.23. The van der Waals surface area contributed by atoms with Crippen LogP contribution < -0.4 is 5.73 Å². The van der Waals surface area contributed by atoms with Crippen LogP contribution in [-0.2, 0) is 17.8 Å². The fourth-order valence-electron chi connectivity index (χ4n) is 3.38. The van der Waals surface area contributed by atoms with Crippen molar-refractivity contribution >= 4 is 33.3 Å². The molecule has 2 aromatic heterocycles. The highest BCUT2D eigenvalue weighted by Gasteiger charge is 2.27. The van der Waals surface area contributed by atoms with Crippen LogP contribution in [0.2, 0.25) is 0 Å². The predicted molar refractivity (Wildman–Crippen MR) is 87.4 cm³/mol. The fourth-order valence-corrected chi connectivity index (χ4v) is 4.59. The summed E-state index contributed by atoms with van der Waals surface area (Å²) >= 11 is 1.64. The molecule has 1 amide bonds. The molecule has 1 aliphatic heterocycles. The molecule has 0 bridgehead atoms. The van der Waals surface area contributed by atoms with Gasteiger partial charge in [-0.25, -0.2) is 9.97 Å². The molecule has 2 aliphatic rings. The van der Waals surface area contributed by atoms with Gasteiger partial charge in [0.2, 0.25) is 5.91 Å². The van der Waals surface area contributed by atoms with Crippen LogP contribution in [0.4, 0.5) is 5.82 Å². The van der Waals surface area contributed by atoms with Crippen LogP contribution in [0.5, 0.6) is 0 Å². The van der Waals surface area contributed by atoms with Gasteiger partial charge in [0.05, 0.1) is 11.9 Å². The predicted octanol–water partition coefficient (Wildman–Crippen LogP) is 2.51. The number of allylic oxidation sites excluding steroid dienone is 2. The second-order valence-corrected chi connectivity index (χ2v) is 7.06. The highest BCUT2D eigenvalue weighted by molar-refractivity contribution is 7.19. The SMILES string of the molecule is Nc1ncnc2sc3c(c12)CCN(C(=O)CC1C=CCC1)C3. The Morgan fingerprint density at radius 1 is 1.45 bits per heavy atom. The summed E-state index contributed by atoms with van der Waals surface area (Å²) in [7, 11) is 0. The van der Waals surface area contributed by atoms with Crippen LogP contribution in [0.3, 0.4) is 0 Å². The molecule has 22 heavy (non-hydrogen) atoms. The molecular weight excluding hydrogens is 296 g/mol. The summed E-state index contributed by atoms with van der Waals surface area (Å²) in [6, 6.07) is 0. The van der Waals surface area contributed by atoms with Gasteiger partial charge < -0.3 is 10.6 Å². The molecule has 1 atom stereocenters. The van der Waals surface area contributed by atoms with Crippen molar-refractivity contribution in [1.82, 2.24) is 14.9 Å². The van der Waals surface area contributed by atoms with Crippen molar-refractivity contribution in [2.75, 3.05) is 12.3 Å². The Balaban J connectivity index is 1.56. The number of hydrogen-bond donors (Lipinski definition) is 1. The van der Waals surface area contributed by atoms with E-state index in [-0.39, 0.29) is 5.91 Å². The van der Waals surface area contributed by atoms with Crippen molar-refractivity contribution in [2.45, 2.75) is 32.2 Å². The molecule has 0 saturated carbocycles. The lowest BCUT2D eigenvalue weighted by atomic mass is 10.0. The van der Waals surface area contributed by atoms with Crippen molar-refractivity contribution < 1.29 is 4.79 Å². The van der Waals surface area contributed by atoms with E-state index in [9.17, 15) is 4.79 Å². The Labute approximate surface area is 132 Å². The van der Waals surface area contributed by atoms with E-state index >= 15 is 0 Å². The minimum absolute atomic E-state index is 0.263. The zero-order valence-electron chi connectivity index (χ0n) is 12.3. The van der Waals surface area contributed by atoms with Crippen LogP contribution in [0, 0.1) is 5.92 Å². The molecule has 1 aliphatic carbocycles. The third kappa shape index (κ3) is 2.27. The lowest BCUT2D eigenvalue weighted by molar-refractivity contribution is -0.132. The topological polar surface area (TPSA) is 72.1 Å². The summed E-state index contributed by atoms with van der Waals surface area (Å²) in [5.74, 6) is 1.25. The van der Waals surface area contributed by atoms with Gasteiger partial charge in [0.25, 0.3) is 0 Å². The molecule has 0 fully saturated rings. The van der Waals surface area contributed by atoms with Crippen molar-refractivity contribution in [3.63, 3.8) is 0 Å². The Morgan fingerprint density at radius 3 is 3.18 bits per heavy atom. The van der Waals surface area contributed by atoms with E-state index in [1.807, 2.05) is 4.90 Å². The molecule has 0 radical (unpaired) electrons. The van der Waals surface area contributed by atoms with Crippen LogP contribution in [-0.4, -0.2) is 27.3 Å². The Bertz CT molecular complexity index is 767. The lowest BCUT2D eigenvalue weighted by Gasteiger charge is -2.28. The second kappa shape index (κ2) is 5.35. The van der Waals surface area contributed by atoms with Crippen LogP contribution in [0.1, 0.15) is 29.7 Å². The minimum Gasteiger partial charge on any atom is -0.383 e. The van der Waals surface area contributed by atoms with Crippen LogP contribution in [0.25, 0.3) is 10.2 Å². The summed E-state index contributed by atoms with van der Waals surface area (Å²) in [5, 5.41) is 0.994. The molecule has 0 saturated heterocycles. The highest BCUT2D eigenvalue weighted by atomic mass is 32.1. The van der Waals surface area contributed by atoms with Gasteiger partial charge in [0, 0.05) is 17.8 Å². The van der Waals surface area contributed by atoms with Crippen LogP contribution >= 0.6 is 11.3 Å². The zero-order chi connectivity index (χ0) is 15.1. The second-order valence-electron chi connectivity index (χ2n) is 5.98. The van der Waals surface area contributed by atoms with E-state index in [2.05, 4.69) is 22.1 Å². The summed E-state index contributed by atoms with van der Waals surface area (Å²) < 4.78 is 0. The number of carbonyl (C=O) groups excluding carboxylic acids is 1. The quantitative estimate of drug-likeness (QED) is 0.865. The number of amides is 1. The zero-order valence-corrected chi connectivity index (χ0v) is 13.1. The summed E-state index contributed by atoms with van der Waals surface area (Å²) in [6.07, 6.45) is 9.58. The van der Waals surface area contributed by atoms with Gasteiger partial charge in [0.1, 0.15) is 17.0 Å². The van der Waals surface area contributed by atoms with Gasteiger partial charge in [-0.1, -0.05) is 12.2 Å². The lowest BCUT2D eigenvalue weighted by Crippen LogP contribution is -2.36. The largest absolute Gasteiger partial charge is 0.383 e. The summed E-state index contributed by atoms with van der Waals surface area (Å²) in [6.45, 7) is 1.45. The fraction of sp³-hybridized carbons (Fsp3) is 0.438. The first-order valence-electron chi connectivity index (χ1n) is 7.67. The van der Waals surface area contributed by atoms with Crippen molar-refractivity contribution in [3.8, 4) is 0 Å². The van der Waals surface area contributed by atoms with Gasteiger partial charge in [-0.3, -0.25) is 4.79 Å². The number of aromatic nitrogens is 2. The normalized spacial score (nSPS) is 20.5. The molecule has 2 aromatic rings. The van der Waals surface area contributed by atoms with Crippen molar-refractivity contribution in [1.29, 1.82) is 0 Å². The summed E-state index contributed by atoms with van der Waals surface area (Å²) in [4.78, 5) is 25.0. The number of rotatable bonds is 2. The third-order valence-corrected chi connectivity index (χ3v) is 5.69. The molecule has 1 unspecified atom stereocenters. The van der Waals surface area contributed by atoms with E-state index in [0.717, 1.165) is 36.0 Å². The first-order valence-corrected chi connectivity index (χ1v) is 8.49. The smallest absolute Gasteiger partial charge is 0.223 e. The number of nitrogens with two attached hydrogens (primary N) is 1. The van der Waals surface area contributed by atoms with E-state index in [0.29, 0.717) is 24.7 Å². The molecule has 2 N–H and O–H groups in total. The van der Waals surface area contributed by atoms with Gasteiger partial charge >= 0.3 is 0 Å². The van der Waals surface area contributed by atoms with E-state index in [1.165, 1.54) is 16.8 Å². The molecule has 114 valence electrons. The standard InChI is InChI=1S/C16H18N4OS/c17-15-14-11-5-6-20(13(21)7-10-3-1-2-4-10)8-12(11)22-16(14)19-9-18-15/h1,3,9-10H,2,4-8H2,(H2,17,18,19). The minimum atomic E-state index is 0.263. The van der Waals surface area contributed by atoms with Crippen LogP contribution in [0.15, 0.2) is 18.5 Å². The number of nitrogen functional groups attached to an aromatic ring is 1. The first-order chi connectivity index (χ1) is 10.7. The molecular formula is C16H18N4OS. The molecule has 4 rings (SSSR count). The number of hydrogen-bond acceptors (Lipinski definition) is 5. The Kier molecular flexibility index (Phi) is 3.33. The maximum Gasteiger partial charge on any atom is 0.223 e. The van der Waals surface area contributed by atoms with Crippen molar-refractivity contribution in [2.24, 2.45) is 5.92 Å². The van der Waals surface area contributed by atoms with Crippen molar-refractivity contribution in [3.05, 3.63) is 28.9 Å². The molecule has 0 spiro atoms. The molecule has 5 nitrogen and oxygen atoms in total. The number of carbonyl (C=O) groups is 1. The monoisotopic (exact) mass is 314 g/mol. The average Bonchev–Trinajstić information content (AvgIpc) is 3.13. The first kappa shape index (κ1) is 13.7. The highest BCUT2D eigenvalue weighted by Crippen LogP contribution is 2.36. The maximum atomic E-state index is 12.5. The maximum absolute atomic E-state index is 12.5. The Hall–Kier alpha value is -1.95. The van der Waals surface area contributed by atoms with Gasteiger partial charge in [-0.05, 0) is 30.7 Å². The van der Waals surface area contributed by atoms with Gasteiger partial charge in [0.15, 0.2) is 0 Å². The van der Waals surface area contributed by atoms with E-state index < -0.39 is 0 Å².